The largest absolute Gasteiger partial charge is 0.468 e. The van der Waals surface area contributed by atoms with Crippen LogP contribution in [0.5, 0.6) is 0 Å². The maximum absolute atomic E-state index is 12.0. The molecule has 0 radical (unpaired) electrons. The van der Waals surface area contributed by atoms with Crippen molar-refractivity contribution in [2.75, 3.05) is 33.3 Å². The molecule has 0 aromatic heterocycles. The molecule has 3 unspecified atom stereocenters. The molecule has 1 saturated heterocycles. The van der Waals surface area contributed by atoms with Gasteiger partial charge in [-0.15, -0.1) is 0 Å². The standard InChI is InChI=1S/C17H34N2O2/c1-6-10-18-17(4,16(20)21-5)9-7-8-11-19-12-14(2)15(3)13-19/h14-15,18H,6-13H2,1-5H3. The van der Waals surface area contributed by atoms with Crippen molar-refractivity contribution in [2.24, 2.45) is 11.8 Å². The Bertz CT molecular complexity index is 312. The van der Waals surface area contributed by atoms with Crippen molar-refractivity contribution in [3.63, 3.8) is 0 Å². The van der Waals surface area contributed by atoms with Crippen LogP contribution in [0.15, 0.2) is 0 Å². The van der Waals surface area contributed by atoms with Gasteiger partial charge >= 0.3 is 5.97 Å². The van der Waals surface area contributed by atoms with Gasteiger partial charge in [0, 0.05) is 13.1 Å². The molecule has 21 heavy (non-hydrogen) atoms. The Morgan fingerprint density at radius 1 is 1.29 bits per heavy atom. The van der Waals surface area contributed by atoms with E-state index in [4.69, 9.17) is 4.74 Å². The van der Waals surface area contributed by atoms with Crippen molar-refractivity contribution < 1.29 is 9.53 Å². The Morgan fingerprint density at radius 3 is 2.43 bits per heavy atom. The second kappa shape index (κ2) is 8.74. The number of carbonyl (C=O) groups is 1. The zero-order chi connectivity index (χ0) is 15.9. The minimum absolute atomic E-state index is 0.139. The van der Waals surface area contributed by atoms with E-state index >= 15 is 0 Å². The summed E-state index contributed by atoms with van der Waals surface area (Å²) < 4.78 is 4.96. The minimum atomic E-state index is -0.531. The van der Waals surface area contributed by atoms with E-state index in [9.17, 15) is 4.79 Å². The monoisotopic (exact) mass is 298 g/mol. The molecular weight excluding hydrogens is 264 g/mol. The van der Waals surface area contributed by atoms with Crippen molar-refractivity contribution in [3.05, 3.63) is 0 Å². The molecular formula is C17H34N2O2. The minimum Gasteiger partial charge on any atom is -0.468 e. The zero-order valence-corrected chi connectivity index (χ0v) is 14.6. The van der Waals surface area contributed by atoms with Gasteiger partial charge in [-0.2, -0.15) is 0 Å². The molecule has 1 heterocycles. The van der Waals surface area contributed by atoms with Gasteiger partial charge in [0.25, 0.3) is 0 Å². The average Bonchev–Trinajstić information content (AvgIpc) is 2.79. The van der Waals surface area contributed by atoms with E-state index in [0.29, 0.717) is 0 Å². The lowest BCUT2D eigenvalue weighted by Gasteiger charge is -2.28. The molecule has 4 heteroatoms. The first kappa shape index (κ1) is 18.4. The highest BCUT2D eigenvalue weighted by Gasteiger charge is 2.33. The van der Waals surface area contributed by atoms with Gasteiger partial charge in [-0.05, 0) is 57.5 Å². The van der Waals surface area contributed by atoms with Crippen LogP contribution in [0.25, 0.3) is 0 Å². The lowest BCUT2D eigenvalue weighted by atomic mass is 9.94. The summed E-state index contributed by atoms with van der Waals surface area (Å²) in [4.78, 5) is 14.5. The Balaban J connectivity index is 2.31. The highest BCUT2D eigenvalue weighted by Crippen LogP contribution is 2.23. The normalized spacial score (nSPS) is 25.8. The summed E-state index contributed by atoms with van der Waals surface area (Å²) in [5.41, 5.74) is -0.531. The maximum Gasteiger partial charge on any atom is 0.325 e. The fraction of sp³-hybridized carbons (Fsp3) is 0.941. The van der Waals surface area contributed by atoms with E-state index in [2.05, 4.69) is 31.0 Å². The average molecular weight is 298 g/mol. The topological polar surface area (TPSA) is 41.6 Å². The number of nitrogens with one attached hydrogen (secondary N) is 1. The molecule has 0 saturated carbocycles. The van der Waals surface area contributed by atoms with Crippen molar-refractivity contribution >= 4 is 5.97 Å². The third kappa shape index (κ3) is 5.59. The molecule has 0 aliphatic carbocycles. The smallest absolute Gasteiger partial charge is 0.325 e. The maximum atomic E-state index is 12.0. The Kier molecular flexibility index (Phi) is 7.67. The van der Waals surface area contributed by atoms with E-state index in [0.717, 1.165) is 50.6 Å². The Labute approximate surface area is 130 Å². The Morgan fingerprint density at radius 2 is 1.90 bits per heavy atom. The van der Waals surface area contributed by atoms with Gasteiger partial charge in [-0.25, -0.2) is 0 Å². The van der Waals surface area contributed by atoms with Crippen LogP contribution in [0.1, 0.15) is 53.4 Å². The number of esters is 1. The van der Waals surface area contributed by atoms with Crippen molar-refractivity contribution in [1.82, 2.24) is 10.2 Å². The quantitative estimate of drug-likeness (QED) is 0.525. The number of methoxy groups -OCH3 is 1. The van der Waals surface area contributed by atoms with Gasteiger partial charge in [0.15, 0.2) is 0 Å². The molecule has 124 valence electrons. The molecule has 0 amide bonds. The first-order valence-electron chi connectivity index (χ1n) is 8.48. The number of nitrogens with zero attached hydrogens (tertiary/aromatic N) is 1. The number of rotatable bonds is 9. The van der Waals surface area contributed by atoms with E-state index in [1.54, 1.807) is 0 Å². The number of hydrogen-bond acceptors (Lipinski definition) is 4. The van der Waals surface area contributed by atoms with E-state index in [1.165, 1.54) is 20.2 Å². The van der Waals surface area contributed by atoms with Crippen LogP contribution >= 0.6 is 0 Å². The molecule has 0 spiro atoms. The summed E-state index contributed by atoms with van der Waals surface area (Å²) in [5.74, 6) is 1.49. The molecule has 1 fully saturated rings. The lowest BCUT2D eigenvalue weighted by molar-refractivity contribution is -0.148. The van der Waals surface area contributed by atoms with Crippen LogP contribution in [0.4, 0.5) is 0 Å². The molecule has 1 rings (SSSR count). The molecule has 1 N–H and O–H groups in total. The summed E-state index contributed by atoms with van der Waals surface area (Å²) in [6.45, 7) is 13.2. The SMILES string of the molecule is CCCNC(C)(CCCCN1CC(C)C(C)C1)C(=O)OC. The van der Waals surface area contributed by atoms with Crippen LogP contribution in [-0.4, -0.2) is 49.7 Å². The van der Waals surface area contributed by atoms with Crippen LogP contribution in [0.3, 0.4) is 0 Å². The third-order valence-corrected chi connectivity index (χ3v) is 4.87. The second-order valence-corrected chi connectivity index (χ2v) is 6.92. The number of likely N-dealkylation sites (tertiary alicyclic amines) is 1. The molecule has 1 aliphatic heterocycles. The highest BCUT2D eigenvalue weighted by molar-refractivity contribution is 5.80. The van der Waals surface area contributed by atoms with Gasteiger partial charge < -0.3 is 15.0 Å². The predicted molar refractivity (Wildman–Crippen MR) is 87.3 cm³/mol. The molecule has 1 aliphatic rings. The number of hydrogen-bond donors (Lipinski definition) is 1. The summed E-state index contributed by atoms with van der Waals surface area (Å²) in [7, 11) is 1.47. The predicted octanol–water partition coefficient (Wildman–Crippen LogP) is 2.68. The first-order valence-corrected chi connectivity index (χ1v) is 8.48. The van der Waals surface area contributed by atoms with E-state index < -0.39 is 5.54 Å². The van der Waals surface area contributed by atoms with Gasteiger partial charge in [-0.1, -0.05) is 20.8 Å². The van der Waals surface area contributed by atoms with Crippen LogP contribution in [-0.2, 0) is 9.53 Å². The summed E-state index contributed by atoms with van der Waals surface area (Å²) in [6.07, 6.45) is 4.08. The summed E-state index contributed by atoms with van der Waals surface area (Å²) in [5, 5.41) is 3.35. The van der Waals surface area contributed by atoms with Crippen molar-refractivity contribution in [3.8, 4) is 0 Å². The van der Waals surface area contributed by atoms with Gasteiger partial charge in [-0.3, -0.25) is 4.79 Å². The summed E-state index contributed by atoms with van der Waals surface area (Å²) in [6, 6.07) is 0. The number of unbranched alkanes of at least 4 members (excludes halogenated alkanes) is 1. The zero-order valence-electron chi connectivity index (χ0n) is 14.6. The van der Waals surface area contributed by atoms with Crippen molar-refractivity contribution in [1.29, 1.82) is 0 Å². The van der Waals surface area contributed by atoms with Crippen molar-refractivity contribution in [2.45, 2.75) is 58.9 Å². The molecule has 4 nitrogen and oxygen atoms in total. The number of ether oxygens (including phenoxy) is 1. The molecule has 0 bridgehead atoms. The van der Waals surface area contributed by atoms with Crippen LogP contribution in [0.2, 0.25) is 0 Å². The van der Waals surface area contributed by atoms with Gasteiger partial charge in [0.05, 0.1) is 7.11 Å². The van der Waals surface area contributed by atoms with E-state index in [1.807, 2.05) is 6.92 Å². The molecule has 0 aromatic carbocycles. The van der Waals surface area contributed by atoms with Crippen LogP contribution in [0, 0.1) is 11.8 Å². The highest BCUT2D eigenvalue weighted by atomic mass is 16.5. The Hall–Kier alpha value is -0.610. The third-order valence-electron chi connectivity index (χ3n) is 4.87. The lowest BCUT2D eigenvalue weighted by Crippen LogP contribution is -2.50. The number of carbonyl (C=O) groups excluding carboxylic acids is 1. The van der Waals surface area contributed by atoms with Gasteiger partial charge in [0.2, 0.25) is 0 Å². The second-order valence-electron chi connectivity index (χ2n) is 6.92. The first-order chi connectivity index (χ1) is 9.92. The van der Waals surface area contributed by atoms with Gasteiger partial charge in [0.1, 0.15) is 5.54 Å². The fourth-order valence-electron chi connectivity index (χ4n) is 3.13. The molecule has 0 aromatic rings. The molecule has 3 atom stereocenters. The summed E-state index contributed by atoms with van der Waals surface area (Å²) >= 11 is 0. The fourth-order valence-corrected chi connectivity index (χ4v) is 3.13. The van der Waals surface area contributed by atoms with E-state index in [-0.39, 0.29) is 5.97 Å². The van der Waals surface area contributed by atoms with Crippen LogP contribution < -0.4 is 5.32 Å².